The van der Waals surface area contributed by atoms with Crippen molar-refractivity contribution in [2.24, 2.45) is 11.7 Å². The van der Waals surface area contributed by atoms with Gasteiger partial charge in [-0.2, -0.15) is 4.98 Å². The molecule has 1 saturated heterocycles. The van der Waals surface area contributed by atoms with Gasteiger partial charge in [-0.05, 0) is 49.2 Å². The van der Waals surface area contributed by atoms with E-state index in [4.69, 9.17) is 10.2 Å². The van der Waals surface area contributed by atoms with E-state index in [9.17, 15) is 14.0 Å². The second kappa shape index (κ2) is 8.52. The molecule has 2 N–H and O–H groups in total. The number of oxazole rings is 1. The number of hydrogen-bond acceptors (Lipinski definition) is 5. The van der Waals surface area contributed by atoms with E-state index in [2.05, 4.69) is 4.98 Å². The van der Waals surface area contributed by atoms with E-state index in [0.717, 1.165) is 11.1 Å². The van der Waals surface area contributed by atoms with Crippen molar-refractivity contribution < 1.29 is 18.4 Å². The molecule has 7 nitrogen and oxygen atoms in total. The Bertz CT molecular complexity index is 1010. The minimum absolute atomic E-state index is 0.0465. The van der Waals surface area contributed by atoms with Gasteiger partial charge >= 0.3 is 0 Å². The zero-order valence-corrected chi connectivity index (χ0v) is 16.5. The summed E-state index contributed by atoms with van der Waals surface area (Å²) in [6.45, 7) is 1.44. The maximum atomic E-state index is 13.3. The number of para-hydroxylation sites is 2. The molecule has 1 fully saturated rings. The minimum Gasteiger partial charge on any atom is -0.423 e. The van der Waals surface area contributed by atoms with E-state index >= 15 is 0 Å². The van der Waals surface area contributed by atoms with Crippen molar-refractivity contribution in [1.29, 1.82) is 0 Å². The van der Waals surface area contributed by atoms with Gasteiger partial charge in [-0.25, -0.2) is 4.39 Å². The van der Waals surface area contributed by atoms with Gasteiger partial charge in [0.1, 0.15) is 11.3 Å². The monoisotopic (exact) mass is 410 g/mol. The van der Waals surface area contributed by atoms with Crippen LogP contribution in [0.1, 0.15) is 19.3 Å². The fourth-order valence-corrected chi connectivity index (χ4v) is 3.74. The smallest absolute Gasteiger partial charge is 0.298 e. The Kier molecular flexibility index (Phi) is 5.65. The predicted octanol–water partition coefficient (Wildman–Crippen LogP) is 3.09. The first-order valence-corrected chi connectivity index (χ1v) is 9.97. The molecule has 4 rings (SSSR count). The highest BCUT2D eigenvalue weighted by Gasteiger charge is 2.31. The molecule has 0 radical (unpaired) electrons. The molecular weight excluding hydrogens is 387 g/mol. The summed E-state index contributed by atoms with van der Waals surface area (Å²) in [4.78, 5) is 32.6. The molecule has 0 spiro atoms. The normalized spacial score (nSPS) is 14.8. The van der Waals surface area contributed by atoms with Crippen LogP contribution in [0.2, 0.25) is 0 Å². The first-order chi connectivity index (χ1) is 14.5. The molecule has 1 aliphatic heterocycles. The SMILES string of the molecule is NC(=O)CCN(C(=O)C1CCN(c2nc3ccccc3o2)CC1)c1ccc(F)cc1. The summed E-state index contributed by atoms with van der Waals surface area (Å²) < 4.78 is 19.1. The summed E-state index contributed by atoms with van der Waals surface area (Å²) >= 11 is 0. The van der Waals surface area contributed by atoms with Crippen LogP contribution < -0.4 is 15.5 Å². The molecule has 2 amide bonds. The van der Waals surface area contributed by atoms with Crippen molar-refractivity contribution in [2.45, 2.75) is 19.3 Å². The Hall–Kier alpha value is -3.42. The van der Waals surface area contributed by atoms with Crippen LogP contribution in [0.25, 0.3) is 11.1 Å². The van der Waals surface area contributed by atoms with Gasteiger partial charge in [0.05, 0.1) is 0 Å². The van der Waals surface area contributed by atoms with Gasteiger partial charge in [0.2, 0.25) is 11.8 Å². The molecule has 156 valence electrons. The number of halogens is 1. The average molecular weight is 410 g/mol. The number of fused-ring (bicyclic) bond motifs is 1. The Balaban J connectivity index is 1.45. The number of primary amides is 1. The molecule has 8 heteroatoms. The lowest BCUT2D eigenvalue weighted by Gasteiger charge is -2.33. The number of piperidine rings is 1. The van der Waals surface area contributed by atoms with Crippen molar-refractivity contribution in [3.63, 3.8) is 0 Å². The lowest BCUT2D eigenvalue weighted by Crippen LogP contribution is -2.43. The number of nitrogens with zero attached hydrogens (tertiary/aromatic N) is 3. The zero-order valence-electron chi connectivity index (χ0n) is 16.5. The maximum absolute atomic E-state index is 13.3. The van der Waals surface area contributed by atoms with Crippen LogP contribution in [0.15, 0.2) is 52.9 Å². The van der Waals surface area contributed by atoms with Gasteiger partial charge in [0.15, 0.2) is 5.58 Å². The summed E-state index contributed by atoms with van der Waals surface area (Å²) in [6.07, 6.45) is 1.31. The molecule has 0 atom stereocenters. The van der Waals surface area contributed by atoms with E-state index in [1.807, 2.05) is 29.2 Å². The van der Waals surface area contributed by atoms with E-state index in [1.165, 1.54) is 17.0 Å². The van der Waals surface area contributed by atoms with Gasteiger partial charge in [-0.3, -0.25) is 9.59 Å². The molecular formula is C22H23FN4O3. The van der Waals surface area contributed by atoms with E-state index < -0.39 is 5.91 Å². The van der Waals surface area contributed by atoms with Crippen molar-refractivity contribution in [2.75, 3.05) is 29.4 Å². The number of benzene rings is 2. The Labute approximate surface area is 173 Å². The summed E-state index contributed by atoms with van der Waals surface area (Å²) in [5.41, 5.74) is 7.38. The molecule has 1 aliphatic rings. The number of carbonyl (C=O) groups excluding carboxylic acids is 2. The van der Waals surface area contributed by atoms with Gasteiger partial charge < -0.3 is 20.0 Å². The van der Waals surface area contributed by atoms with Crippen LogP contribution >= 0.6 is 0 Å². The highest BCUT2D eigenvalue weighted by Crippen LogP contribution is 2.28. The molecule has 0 bridgehead atoms. The standard InChI is InChI=1S/C22H23FN4O3/c23-16-5-7-17(8-6-16)27(14-11-20(24)28)21(29)15-9-12-26(13-10-15)22-25-18-3-1-2-4-19(18)30-22/h1-8,15H,9-14H2,(H2,24,28). The maximum Gasteiger partial charge on any atom is 0.298 e. The molecule has 2 aromatic carbocycles. The Morgan fingerprint density at radius 3 is 2.50 bits per heavy atom. The number of hydrogen-bond donors (Lipinski definition) is 1. The second-order valence-corrected chi connectivity index (χ2v) is 7.41. The Morgan fingerprint density at radius 2 is 1.83 bits per heavy atom. The predicted molar refractivity (Wildman–Crippen MR) is 112 cm³/mol. The van der Waals surface area contributed by atoms with E-state index in [0.29, 0.717) is 37.6 Å². The summed E-state index contributed by atoms with van der Waals surface area (Å²) in [6, 6.07) is 13.8. The summed E-state index contributed by atoms with van der Waals surface area (Å²) in [7, 11) is 0. The molecule has 0 unspecified atom stereocenters. The van der Waals surface area contributed by atoms with Gasteiger partial charge in [-0.1, -0.05) is 12.1 Å². The highest BCUT2D eigenvalue weighted by molar-refractivity contribution is 5.95. The molecule has 0 aliphatic carbocycles. The average Bonchev–Trinajstić information content (AvgIpc) is 3.19. The molecule has 0 saturated carbocycles. The van der Waals surface area contributed by atoms with Crippen LogP contribution in [-0.4, -0.2) is 36.4 Å². The topological polar surface area (TPSA) is 92.7 Å². The molecule has 3 aromatic rings. The van der Waals surface area contributed by atoms with Crippen molar-refractivity contribution in [3.8, 4) is 0 Å². The Morgan fingerprint density at radius 1 is 1.13 bits per heavy atom. The van der Waals surface area contributed by atoms with Crippen molar-refractivity contribution in [1.82, 2.24) is 4.98 Å². The minimum atomic E-state index is -0.485. The highest BCUT2D eigenvalue weighted by atomic mass is 19.1. The number of amides is 2. The van der Waals surface area contributed by atoms with Crippen molar-refractivity contribution >= 4 is 34.6 Å². The fourth-order valence-electron chi connectivity index (χ4n) is 3.74. The number of nitrogens with two attached hydrogens (primary N) is 1. The molecule has 2 heterocycles. The lowest BCUT2D eigenvalue weighted by atomic mass is 9.95. The zero-order chi connectivity index (χ0) is 21.1. The third kappa shape index (κ3) is 4.27. The number of carbonyl (C=O) groups is 2. The van der Waals surface area contributed by atoms with Crippen LogP contribution in [-0.2, 0) is 9.59 Å². The summed E-state index contributed by atoms with van der Waals surface area (Å²) in [5, 5.41) is 0. The van der Waals surface area contributed by atoms with Crippen LogP contribution in [0.5, 0.6) is 0 Å². The van der Waals surface area contributed by atoms with Gasteiger partial charge in [-0.15, -0.1) is 0 Å². The summed E-state index contributed by atoms with van der Waals surface area (Å²) in [5.74, 6) is -1.16. The quantitative estimate of drug-likeness (QED) is 0.674. The largest absolute Gasteiger partial charge is 0.423 e. The van der Waals surface area contributed by atoms with Crippen LogP contribution in [0.3, 0.4) is 0 Å². The fraction of sp³-hybridized carbons (Fsp3) is 0.318. The van der Waals surface area contributed by atoms with Crippen LogP contribution in [0, 0.1) is 11.7 Å². The lowest BCUT2D eigenvalue weighted by molar-refractivity contribution is -0.123. The number of aromatic nitrogens is 1. The molecule has 1 aromatic heterocycles. The second-order valence-electron chi connectivity index (χ2n) is 7.41. The first kappa shape index (κ1) is 19.9. The van der Waals surface area contributed by atoms with Crippen molar-refractivity contribution in [3.05, 3.63) is 54.3 Å². The van der Waals surface area contributed by atoms with Crippen LogP contribution in [0.4, 0.5) is 16.1 Å². The van der Waals surface area contributed by atoms with E-state index in [1.54, 1.807) is 12.1 Å². The van der Waals surface area contributed by atoms with Gasteiger partial charge in [0, 0.05) is 37.7 Å². The van der Waals surface area contributed by atoms with Gasteiger partial charge in [0.25, 0.3) is 6.01 Å². The number of anilines is 2. The first-order valence-electron chi connectivity index (χ1n) is 9.97. The van der Waals surface area contributed by atoms with E-state index in [-0.39, 0.29) is 30.6 Å². The third-order valence-electron chi connectivity index (χ3n) is 5.38. The third-order valence-corrected chi connectivity index (χ3v) is 5.38. The molecule has 30 heavy (non-hydrogen) atoms. The number of rotatable bonds is 6.